The lowest BCUT2D eigenvalue weighted by Gasteiger charge is -2.38. The fraction of sp³-hybridized carbons (Fsp3) is 0.800. The van der Waals surface area contributed by atoms with Gasteiger partial charge in [0.25, 0.3) is 0 Å². The van der Waals surface area contributed by atoms with E-state index in [1.54, 1.807) is 11.8 Å². The number of hydrogen-bond acceptors (Lipinski definition) is 3. The largest absolute Gasteiger partial charge is 0.393 e. The van der Waals surface area contributed by atoms with Crippen LogP contribution in [-0.2, 0) is 9.53 Å². The molecule has 1 saturated heterocycles. The Morgan fingerprint density at radius 3 is 2.73 bits per heavy atom. The third kappa shape index (κ3) is 2.89. The first-order chi connectivity index (χ1) is 6.93. The van der Waals surface area contributed by atoms with Gasteiger partial charge in [0.2, 0.25) is 5.91 Å². The van der Waals surface area contributed by atoms with Crippen molar-refractivity contribution in [3.63, 3.8) is 0 Å². The summed E-state index contributed by atoms with van der Waals surface area (Å²) in [7, 11) is 0. The molecule has 3 unspecified atom stereocenters. The zero-order valence-corrected chi connectivity index (χ0v) is 10.2. The smallest absolute Gasteiger partial charge is 0.232 e. The lowest BCUT2D eigenvalue weighted by Crippen LogP contribution is -2.53. The van der Waals surface area contributed by atoms with E-state index in [1.807, 2.05) is 13.8 Å². The van der Waals surface area contributed by atoms with Gasteiger partial charge in [0, 0.05) is 6.54 Å². The van der Waals surface area contributed by atoms with Gasteiger partial charge in [-0.2, -0.15) is 0 Å². The first kappa shape index (κ1) is 12.4. The molecule has 1 aliphatic heterocycles. The van der Waals surface area contributed by atoms with Gasteiger partial charge in [-0.1, -0.05) is 12.2 Å². The molecule has 0 aromatic heterocycles. The highest BCUT2D eigenvalue weighted by Gasteiger charge is 2.31. The molecule has 4 nitrogen and oxygen atoms in total. The van der Waals surface area contributed by atoms with E-state index in [2.05, 4.69) is 0 Å². The van der Waals surface area contributed by atoms with Gasteiger partial charge in [0.05, 0.1) is 29.7 Å². The Morgan fingerprint density at radius 2 is 2.20 bits per heavy atom. The number of amides is 1. The third-order valence-corrected chi connectivity index (χ3v) is 3.04. The van der Waals surface area contributed by atoms with E-state index in [0.29, 0.717) is 13.2 Å². The van der Waals surface area contributed by atoms with Crippen molar-refractivity contribution in [3.8, 4) is 0 Å². The Hall–Kier alpha value is -0.680. The molecule has 2 N–H and O–H groups in total. The van der Waals surface area contributed by atoms with Gasteiger partial charge in [-0.25, -0.2) is 0 Å². The van der Waals surface area contributed by atoms with Crippen molar-refractivity contribution in [2.45, 2.75) is 32.9 Å². The zero-order chi connectivity index (χ0) is 11.6. The Bertz CT molecular complexity index is 270. The highest BCUT2D eigenvalue weighted by Crippen LogP contribution is 2.14. The molecule has 0 bridgehead atoms. The predicted octanol–water partition coefficient (Wildman–Crippen LogP) is 0.544. The lowest BCUT2D eigenvalue weighted by atomic mass is 10.1. The fourth-order valence-corrected chi connectivity index (χ4v) is 1.68. The Kier molecular flexibility index (Phi) is 4.04. The van der Waals surface area contributed by atoms with Crippen LogP contribution in [0.2, 0.25) is 0 Å². The van der Waals surface area contributed by atoms with Crippen LogP contribution in [0.4, 0.5) is 0 Å². The van der Waals surface area contributed by atoms with Gasteiger partial charge in [0.1, 0.15) is 0 Å². The van der Waals surface area contributed by atoms with Crippen molar-refractivity contribution >= 4 is 23.1 Å². The van der Waals surface area contributed by atoms with E-state index in [-0.39, 0.29) is 29.0 Å². The molecule has 0 aliphatic carbocycles. The van der Waals surface area contributed by atoms with Crippen molar-refractivity contribution < 1.29 is 9.53 Å². The first-order valence-electron chi connectivity index (χ1n) is 5.15. The van der Waals surface area contributed by atoms with Crippen LogP contribution in [0.25, 0.3) is 0 Å². The molecule has 0 aromatic rings. The molecule has 0 aromatic carbocycles. The molecular formula is C10H18N2O2S. The van der Waals surface area contributed by atoms with Gasteiger partial charge < -0.3 is 15.4 Å². The summed E-state index contributed by atoms with van der Waals surface area (Å²) in [5, 5.41) is 0. The number of thiocarbonyl (C=S) groups is 1. The van der Waals surface area contributed by atoms with Crippen LogP contribution < -0.4 is 5.73 Å². The standard InChI is InChI=1S/C10H18N2O2S/c1-6-5-14-7(2)4-12(6)10(13)8(3)9(11)15/h6-8H,4-5H2,1-3H3,(H2,11,15). The fourth-order valence-electron chi connectivity index (χ4n) is 1.58. The molecule has 1 fully saturated rings. The van der Waals surface area contributed by atoms with E-state index in [4.69, 9.17) is 22.7 Å². The minimum atomic E-state index is -0.382. The molecule has 86 valence electrons. The van der Waals surface area contributed by atoms with Crippen LogP contribution in [0.15, 0.2) is 0 Å². The molecule has 1 amide bonds. The average Bonchev–Trinajstić information content (AvgIpc) is 2.19. The lowest BCUT2D eigenvalue weighted by molar-refractivity contribution is -0.144. The van der Waals surface area contributed by atoms with E-state index in [9.17, 15) is 4.79 Å². The molecule has 0 radical (unpaired) electrons. The maximum Gasteiger partial charge on any atom is 0.232 e. The van der Waals surface area contributed by atoms with Crippen molar-refractivity contribution in [2.75, 3.05) is 13.2 Å². The molecule has 1 rings (SSSR count). The Labute approximate surface area is 95.8 Å². The van der Waals surface area contributed by atoms with Crippen LogP contribution in [0.1, 0.15) is 20.8 Å². The third-order valence-electron chi connectivity index (χ3n) is 2.69. The zero-order valence-electron chi connectivity index (χ0n) is 9.40. The SMILES string of the molecule is CC1CN(C(=O)C(C)C(N)=S)C(C)CO1. The number of carbonyl (C=O) groups is 1. The summed E-state index contributed by atoms with van der Waals surface area (Å²) in [6, 6.07) is 0.102. The Balaban J connectivity index is 2.68. The van der Waals surface area contributed by atoms with Crippen molar-refractivity contribution in [3.05, 3.63) is 0 Å². The van der Waals surface area contributed by atoms with Crippen LogP contribution >= 0.6 is 12.2 Å². The molecule has 1 heterocycles. The van der Waals surface area contributed by atoms with E-state index < -0.39 is 0 Å². The molecular weight excluding hydrogens is 212 g/mol. The summed E-state index contributed by atoms with van der Waals surface area (Å²) in [6.45, 7) is 6.87. The quantitative estimate of drug-likeness (QED) is 0.704. The first-order valence-corrected chi connectivity index (χ1v) is 5.55. The van der Waals surface area contributed by atoms with Gasteiger partial charge in [-0.3, -0.25) is 4.79 Å². The van der Waals surface area contributed by atoms with Gasteiger partial charge in [-0.15, -0.1) is 0 Å². The number of rotatable bonds is 2. The average molecular weight is 230 g/mol. The van der Waals surface area contributed by atoms with Gasteiger partial charge in [0.15, 0.2) is 0 Å². The summed E-state index contributed by atoms with van der Waals surface area (Å²) < 4.78 is 5.45. The minimum absolute atomic E-state index is 0.00477. The monoisotopic (exact) mass is 230 g/mol. The summed E-state index contributed by atoms with van der Waals surface area (Å²) >= 11 is 4.83. The molecule has 5 heteroatoms. The van der Waals surface area contributed by atoms with Crippen LogP contribution in [0.5, 0.6) is 0 Å². The molecule has 15 heavy (non-hydrogen) atoms. The summed E-state index contributed by atoms with van der Waals surface area (Å²) in [5.41, 5.74) is 5.48. The molecule has 3 atom stereocenters. The van der Waals surface area contributed by atoms with E-state index in [0.717, 1.165) is 0 Å². The van der Waals surface area contributed by atoms with Crippen molar-refractivity contribution in [1.82, 2.24) is 4.90 Å². The molecule has 1 aliphatic rings. The van der Waals surface area contributed by atoms with E-state index >= 15 is 0 Å². The summed E-state index contributed by atoms with van der Waals surface area (Å²) in [6.07, 6.45) is 0.0868. The number of nitrogens with zero attached hydrogens (tertiary/aromatic N) is 1. The topological polar surface area (TPSA) is 55.6 Å². The highest BCUT2D eigenvalue weighted by atomic mass is 32.1. The second-order valence-corrected chi connectivity index (χ2v) is 4.58. The number of hydrogen-bond donors (Lipinski definition) is 1. The van der Waals surface area contributed by atoms with Crippen LogP contribution in [-0.4, -0.2) is 41.1 Å². The van der Waals surface area contributed by atoms with Crippen molar-refractivity contribution in [2.24, 2.45) is 11.7 Å². The maximum absolute atomic E-state index is 12.0. The summed E-state index contributed by atoms with van der Waals surface area (Å²) in [5.74, 6) is -0.377. The molecule has 0 saturated carbocycles. The van der Waals surface area contributed by atoms with Gasteiger partial charge >= 0.3 is 0 Å². The number of nitrogens with two attached hydrogens (primary N) is 1. The second kappa shape index (κ2) is 4.90. The van der Waals surface area contributed by atoms with Gasteiger partial charge in [-0.05, 0) is 20.8 Å². The van der Waals surface area contributed by atoms with E-state index in [1.165, 1.54) is 0 Å². The highest BCUT2D eigenvalue weighted by molar-refractivity contribution is 7.80. The normalized spacial score (nSPS) is 28.6. The minimum Gasteiger partial charge on any atom is -0.393 e. The molecule has 0 spiro atoms. The number of morpholine rings is 1. The number of carbonyl (C=O) groups excluding carboxylic acids is 1. The Morgan fingerprint density at radius 1 is 1.60 bits per heavy atom. The van der Waals surface area contributed by atoms with Crippen molar-refractivity contribution in [1.29, 1.82) is 0 Å². The maximum atomic E-state index is 12.0. The number of ether oxygens (including phenoxy) is 1. The van der Waals surface area contributed by atoms with Crippen LogP contribution in [0, 0.1) is 5.92 Å². The van der Waals surface area contributed by atoms with Crippen LogP contribution in [0.3, 0.4) is 0 Å². The summed E-state index contributed by atoms with van der Waals surface area (Å²) in [4.78, 5) is 14.1. The second-order valence-electron chi connectivity index (χ2n) is 4.11. The predicted molar refractivity (Wildman–Crippen MR) is 62.5 cm³/mol.